The second-order valence-electron chi connectivity index (χ2n) is 9.87. The number of rotatable bonds is 4. The highest BCUT2D eigenvalue weighted by molar-refractivity contribution is 6.05. The van der Waals surface area contributed by atoms with Crippen LogP contribution in [0.1, 0.15) is 22.3 Å². The Morgan fingerprint density at radius 2 is 1.86 bits per heavy atom. The minimum atomic E-state index is -0.321. The van der Waals surface area contributed by atoms with E-state index in [0.717, 1.165) is 30.8 Å². The molecule has 1 aliphatic rings. The number of nitrogens with zero attached hydrogens (tertiary/aromatic N) is 3. The summed E-state index contributed by atoms with van der Waals surface area (Å²) in [6, 6.07) is 22.3. The lowest BCUT2D eigenvalue weighted by atomic mass is 10.1. The van der Waals surface area contributed by atoms with E-state index in [4.69, 9.17) is 9.72 Å². The van der Waals surface area contributed by atoms with Crippen LogP contribution in [0.15, 0.2) is 104 Å². The van der Waals surface area contributed by atoms with Crippen molar-refractivity contribution in [2.75, 3.05) is 36.1 Å². The van der Waals surface area contributed by atoms with Crippen molar-refractivity contribution < 1.29 is 14.3 Å². The standard InChI is InChI=1S/C33H32N6O3/c1-3-31(40)35-26-12-10-24(11-13-26)32(41)36-27-19-28-21-29(20-27)42-17-6-4-5-16-39(2)22-23-8-7-9-25(18-23)30-14-15-34-33(37-28)38-30/h3-5,7-15,18-21H,1,6,16-17,22H2,2H3,(H,35,40)(H,36,41)(H,34,37,38)/b5-4+. The number of carbonyl (C=O) groups is 2. The molecular weight excluding hydrogens is 528 g/mol. The summed E-state index contributed by atoms with van der Waals surface area (Å²) in [5.41, 5.74) is 5.20. The van der Waals surface area contributed by atoms with Crippen molar-refractivity contribution in [2.45, 2.75) is 13.0 Å². The maximum atomic E-state index is 13.1. The van der Waals surface area contributed by atoms with Gasteiger partial charge in [-0.05, 0) is 67.6 Å². The Kier molecular flexibility index (Phi) is 9.00. The molecule has 0 saturated heterocycles. The predicted molar refractivity (Wildman–Crippen MR) is 166 cm³/mol. The summed E-state index contributed by atoms with van der Waals surface area (Å²) in [5, 5.41) is 8.87. The highest BCUT2D eigenvalue weighted by Gasteiger charge is 2.11. The van der Waals surface area contributed by atoms with Crippen molar-refractivity contribution in [1.82, 2.24) is 14.9 Å². The molecule has 9 nitrogen and oxygen atoms in total. The third kappa shape index (κ3) is 7.67. The molecule has 0 aliphatic carbocycles. The Morgan fingerprint density at radius 3 is 2.69 bits per heavy atom. The Morgan fingerprint density at radius 1 is 1.00 bits per heavy atom. The normalized spacial score (nSPS) is 14.2. The molecule has 0 fully saturated rings. The summed E-state index contributed by atoms with van der Waals surface area (Å²) in [5.74, 6) is 0.386. The van der Waals surface area contributed by atoms with Gasteiger partial charge in [-0.2, -0.15) is 0 Å². The van der Waals surface area contributed by atoms with Gasteiger partial charge in [0, 0.05) is 59.6 Å². The van der Waals surface area contributed by atoms with Gasteiger partial charge in [0.05, 0.1) is 12.3 Å². The van der Waals surface area contributed by atoms with Crippen molar-refractivity contribution in [3.8, 4) is 17.0 Å². The largest absolute Gasteiger partial charge is 0.493 e. The monoisotopic (exact) mass is 560 g/mol. The molecule has 1 aliphatic heterocycles. The van der Waals surface area contributed by atoms with Gasteiger partial charge < -0.3 is 20.7 Å². The van der Waals surface area contributed by atoms with E-state index >= 15 is 0 Å². The van der Waals surface area contributed by atoms with Gasteiger partial charge in [-0.3, -0.25) is 14.5 Å². The summed E-state index contributed by atoms with van der Waals surface area (Å²) in [7, 11) is 2.09. The zero-order chi connectivity index (χ0) is 29.3. The number of hydrogen-bond acceptors (Lipinski definition) is 7. The number of anilines is 4. The molecule has 6 bridgehead atoms. The zero-order valence-corrected chi connectivity index (χ0v) is 23.3. The second-order valence-corrected chi connectivity index (χ2v) is 9.87. The highest BCUT2D eigenvalue weighted by atomic mass is 16.5. The Balaban J connectivity index is 1.41. The molecule has 0 atom stereocenters. The molecule has 5 rings (SSSR count). The van der Waals surface area contributed by atoms with Crippen LogP contribution in [-0.2, 0) is 11.3 Å². The van der Waals surface area contributed by atoms with Gasteiger partial charge in [-0.25, -0.2) is 9.97 Å². The molecule has 3 N–H and O–H groups in total. The first-order valence-electron chi connectivity index (χ1n) is 13.6. The van der Waals surface area contributed by atoms with Gasteiger partial charge >= 0.3 is 0 Å². The maximum Gasteiger partial charge on any atom is 0.255 e. The first-order valence-corrected chi connectivity index (χ1v) is 13.6. The topological polar surface area (TPSA) is 108 Å². The molecule has 2 heterocycles. The van der Waals surface area contributed by atoms with Crippen molar-refractivity contribution in [2.24, 2.45) is 0 Å². The lowest BCUT2D eigenvalue weighted by Gasteiger charge is -2.16. The van der Waals surface area contributed by atoms with Crippen molar-refractivity contribution in [1.29, 1.82) is 0 Å². The average molecular weight is 561 g/mol. The fraction of sp³-hybridized carbons (Fsp3) is 0.152. The van der Waals surface area contributed by atoms with E-state index in [1.54, 1.807) is 42.6 Å². The highest BCUT2D eigenvalue weighted by Crippen LogP contribution is 2.28. The lowest BCUT2D eigenvalue weighted by molar-refractivity contribution is -0.111. The molecule has 3 aromatic carbocycles. The number of nitrogens with one attached hydrogen (secondary N) is 3. The van der Waals surface area contributed by atoms with Gasteiger partial charge in [0.15, 0.2) is 0 Å². The minimum Gasteiger partial charge on any atom is -0.493 e. The Bertz CT molecular complexity index is 1620. The van der Waals surface area contributed by atoms with Gasteiger partial charge in [0.2, 0.25) is 11.9 Å². The van der Waals surface area contributed by atoms with Crippen molar-refractivity contribution in [3.63, 3.8) is 0 Å². The van der Waals surface area contributed by atoms with Crippen LogP contribution in [0.4, 0.5) is 23.0 Å². The van der Waals surface area contributed by atoms with E-state index in [1.807, 2.05) is 24.3 Å². The lowest BCUT2D eigenvalue weighted by Crippen LogP contribution is -2.17. The van der Waals surface area contributed by atoms with Crippen LogP contribution in [0.3, 0.4) is 0 Å². The Labute approximate surface area is 245 Å². The molecule has 0 radical (unpaired) electrons. The fourth-order valence-corrected chi connectivity index (χ4v) is 4.46. The molecule has 0 spiro atoms. The van der Waals surface area contributed by atoms with E-state index in [0.29, 0.717) is 40.9 Å². The molecule has 1 aromatic heterocycles. The van der Waals surface area contributed by atoms with Crippen LogP contribution < -0.4 is 20.7 Å². The van der Waals surface area contributed by atoms with Gasteiger partial charge in [-0.1, -0.05) is 36.9 Å². The number of benzene rings is 3. The summed E-state index contributed by atoms with van der Waals surface area (Å²) in [4.78, 5) is 36.0. The van der Waals surface area contributed by atoms with Crippen molar-refractivity contribution >= 4 is 34.8 Å². The van der Waals surface area contributed by atoms with Crippen LogP contribution in [0.5, 0.6) is 5.75 Å². The second kappa shape index (κ2) is 13.4. The molecule has 42 heavy (non-hydrogen) atoms. The van der Waals surface area contributed by atoms with Crippen LogP contribution in [-0.4, -0.2) is 46.9 Å². The third-order valence-corrected chi connectivity index (χ3v) is 6.49. The summed E-state index contributed by atoms with van der Waals surface area (Å²) < 4.78 is 6.05. The third-order valence-electron chi connectivity index (χ3n) is 6.49. The first-order chi connectivity index (χ1) is 20.4. The number of hydrogen-bond donors (Lipinski definition) is 3. The van der Waals surface area contributed by atoms with Crippen LogP contribution in [0.25, 0.3) is 11.3 Å². The molecule has 0 unspecified atom stereocenters. The quantitative estimate of drug-likeness (QED) is 0.206. The van der Waals surface area contributed by atoms with Crippen molar-refractivity contribution in [3.05, 3.63) is 115 Å². The smallest absolute Gasteiger partial charge is 0.255 e. The Hall–Kier alpha value is -5.28. The van der Waals surface area contributed by atoms with Crippen LogP contribution in [0, 0.1) is 0 Å². The fourth-order valence-electron chi connectivity index (χ4n) is 4.46. The zero-order valence-electron chi connectivity index (χ0n) is 23.3. The van der Waals surface area contributed by atoms with E-state index in [1.165, 1.54) is 11.6 Å². The van der Waals surface area contributed by atoms with Gasteiger partial charge in [-0.15, -0.1) is 0 Å². The van der Waals surface area contributed by atoms with Gasteiger partial charge in [0.1, 0.15) is 5.75 Å². The summed E-state index contributed by atoms with van der Waals surface area (Å²) in [6.07, 6.45) is 7.90. The number of ether oxygens (including phenoxy) is 1. The molecular formula is C33H32N6O3. The molecule has 2 amide bonds. The van der Waals surface area contributed by atoms with Crippen LogP contribution >= 0.6 is 0 Å². The van der Waals surface area contributed by atoms with Crippen LogP contribution in [0.2, 0.25) is 0 Å². The average Bonchev–Trinajstić information content (AvgIpc) is 2.99. The molecule has 4 aromatic rings. The number of aromatic nitrogens is 2. The number of fused-ring (bicyclic) bond motifs is 7. The van der Waals surface area contributed by atoms with Gasteiger partial charge in [0.25, 0.3) is 5.91 Å². The SMILES string of the molecule is C=CC(=O)Nc1ccc(C(=O)Nc2cc3cc(c2)OCC/C=C/CN(C)Cc2cccc(c2)-c2ccnc(n2)N3)cc1. The summed E-state index contributed by atoms with van der Waals surface area (Å²) >= 11 is 0. The maximum absolute atomic E-state index is 13.1. The minimum absolute atomic E-state index is 0.306. The first kappa shape index (κ1) is 28.3. The molecule has 0 saturated carbocycles. The molecule has 9 heteroatoms. The van der Waals surface area contributed by atoms with E-state index < -0.39 is 0 Å². The molecule has 212 valence electrons. The van der Waals surface area contributed by atoms with E-state index in [-0.39, 0.29) is 11.8 Å². The number of likely N-dealkylation sites (N-methyl/N-ethyl adjacent to an activating group) is 1. The van der Waals surface area contributed by atoms with E-state index in [9.17, 15) is 9.59 Å². The number of carbonyl (C=O) groups excluding carboxylic acids is 2. The summed E-state index contributed by atoms with van der Waals surface area (Å²) in [6.45, 7) is 5.56. The van der Waals surface area contributed by atoms with E-state index in [2.05, 4.69) is 63.7 Å². The number of amides is 2. The predicted octanol–water partition coefficient (Wildman–Crippen LogP) is 6.03.